The fourth-order valence-corrected chi connectivity index (χ4v) is 2.93. The maximum Gasteiger partial charge on any atom is 0.257 e. The second kappa shape index (κ2) is 6.45. The Labute approximate surface area is 148 Å². The molecule has 0 spiro atoms. The van der Waals surface area contributed by atoms with E-state index in [2.05, 4.69) is 10.3 Å². The zero-order chi connectivity index (χ0) is 17.2. The summed E-state index contributed by atoms with van der Waals surface area (Å²) in [4.78, 5) is 17.1. The first-order chi connectivity index (χ1) is 12.3. The van der Waals surface area contributed by atoms with E-state index in [1.165, 1.54) is 5.54 Å². The predicted octanol–water partition coefficient (Wildman–Crippen LogP) is 4.18. The Balaban J connectivity index is 1.65. The molecule has 0 bridgehead atoms. The third-order valence-electron chi connectivity index (χ3n) is 3.92. The summed E-state index contributed by atoms with van der Waals surface area (Å²) in [7, 11) is 0. The quantitative estimate of drug-likeness (QED) is 0.718. The zero-order valence-corrected chi connectivity index (χ0v) is 13.8. The van der Waals surface area contributed by atoms with Crippen molar-refractivity contribution in [2.24, 2.45) is 0 Å². The van der Waals surface area contributed by atoms with Gasteiger partial charge in [0, 0.05) is 17.1 Å². The predicted molar refractivity (Wildman–Crippen MR) is 96.8 cm³/mol. The van der Waals surface area contributed by atoms with Crippen LogP contribution in [0, 0.1) is 0 Å². The van der Waals surface area contributed by atoms with Crippen molar-refractivity contribution in [3.63, 3.8) is 0 Å². The van der Waals surface area contributed by atoms with Gasteiger partial charge in [0.2, 0.25) is 6.79 Å². The minimum atomic E-state index is -0.327. The molecule has 0 fully saturated rings. The van der Waals surface area contributed by atoms with E-state index in [0.29, 0.717) is 28.3 Å². The molecule has 2 aromatic carbocycles. The number of halogens is 1. The van der Waals surface area contributed by atoms with Crippen molar-refractivity contribution in [1.29, 1.82) is 0 Å². The van der Waals surface area contributed by atoms with E-state index in [1.54, 1.807) is 30.5 Å². The smallest absolute Gasteiger partial charge is 0.257 e. The molecule has 1 aliphatic heterocycles. The van der Waals surface area contributed by atoms with Crippen LogP contribution in [0.2, 0.25) is 0 Å². The van der Waals surface area contributed by atoms with Crippen LogP contribution in [0.4, 0.5) is 5.69 Å². The van der Waals surface area contributed by atoms with Gasteiger partial charge in [0.05, 0.1) is 16.8 Å². The van der Waals surface area contributed by atoms with Gasteiger partial charge in [-0.1, -0.05) is 35.9 Å². The van der Waals surface area contributed by atoms with Gasteiger partial charge < -0.3 is 14.8 Å². The van der Waals surface area contributed by atoms with Crippen molar-refractivity contribution in [3.05, 3.63) is 65.8 Å². The highest BCUT2D eigenvalue weighted by atomic mass is 35.5. The van der Waals surface area contributed by atoms with Crippen LogP contribution >= 0.6 is 11.6 Å². The molecule has 124 valence electrons. The van der Waals surface area contributed by atoms with Crippen molar-refractivity contribution < 1.29 is 14.3 Å². The van der Waals surface area contributed by atoms with Crippen LogP contribution < -0.4 is 14.8 Å². The lowest BCUT2D eigenvalue weighted by molar-refractivity contribution is -0.111. The molecule has 1 N–H and O–H groups in total. The maximum atomic E-state index is 12.7. The van der Waals surface area contributed by atoms with Crippen molar-refractivity contribution >= 4 is 39.7 Å². The topological polar surface area (TPSA) is 60.5 Å². The number of anilines is 1. The lowest BCUT2D eigenvalue weighted by Gasteiger charge is -2.11. The molecule has 2 heterocycles. The molecule has 0 unspecified atom stereocenters. The number of para-hydroxylation sites is 1. The number of ether oxygens (including phenoxy) is 2. The van der Waals surface area contributed by atoms with Gasteiger partial charge in [-0.3, -0.25) is 9.78 Å². The van der Waals surface area contributed by atoms with Gasteiger partial charge in [-0.05, 0) is 29.8 Å². The highest BCUT2D eigenvalue weighted by Gasteiger charge is 2.18. The van der Waals surface area contributed by atoms with E-state index < -0.39 is 0 Å². The molecule has 0 saturated heterocycles. The van der Waals surface area contributed by atoms with Crippen molar-refractivity contribution in [1.82, 2.24) is 4.98 Å². The maximum absolute atomic E-state index is 12.7. The van der Waals surface area contributed by atoms with Gasteiger partial charge in [0.25, 0.3) is 5.91 Å². The Bertz CT molecular complexity index is 996. The first-order valence-electron chi connectivity index (χ1n) is 7.62. The number of fused-ring (bicyclic) bond motifs is 2. The number of rotatable bonds is 3. The molecule has 1 aromatic heterocycles. The largest absolute Gasteiger partial charge is 0.454 e. The Morgan fingerprint density at radius 1 is 1.12 bits per heavy atom. The van der Waals surface area contributed by atoms with Gasteiger partial charge in [0.1, 0.15) is 0 Å². The van der Waals surface area contributed by atoms with Crippen molar-refractivity contribution in [2.45, 2.75) is 0 Å². The Kier molecular flexibility index (Phi) is 3.99. The Morgan fingerprint density at radius 2 is 1.96 bits per heavy atom. The molecule has 4 rings (SSSR count). The van der Waals surface area contributed by atoms with Crippen LogP contribution in [-0.2, 0) is 4.79 Å². The standard InChI is InChI=1S/C19H13ClN2O3/c20-10-14(13-6-7-16-17(9-13)25-11-24-16)19(23)22-15-5-1-3-12-4-2-8-21-18(12)15/h1-10H,11H2,(H,22,23)/b14-10-. The molecular formula is C19H13ClN2O3. The van der Waals surface area contributed by atoms with Gasteiger partial charge in [-0.25, -0.2) is 0 Å². The number of pyridine rings is 1. The number of benzene rings is 2. The van der Waals surface area contributed by atoms with E-state index in [-0.39, 0.29) is 12.7 Å². The van der Waals surface area contributed by atoms with Crippen LogP contribution in [0.15, 0.2) is 60.3 Å². The summed E-state index contributed by atoms with van der Waals surface area (Å²) in [5.41, 5.74) is 3.57. The molecule has 5 nitrogen and oxygen atoms in total. The van der Waals surface area contributed by atoms with Crippen molar-refractivity contribution in [2.75, 3.05) is 12.1 Å². The number of hydrogen-bond acceptors (Lipinski definition) is 4. The fourth-order valence-electron chi connectivity index (χ4n) is 2.70. The number of carbonyl (C=O) groups is 1. The number of amides is 1. The Hall–Kier alpha value is -3.05. The van der Waals surface area contributed by atoms with E-state index in [0.717, 1.165) is 10.9 Å². The second-order valence-electron chi connectivity index (χ2n) is 5.43. The number of nitrogens with zero attached hydrogens (tertiary/aromatic N) is 1. The van der Waals surface area contributed by atoms with Gasteiger partial charge >= 0.3 is 0 Å². The summed E-state index contributed by atoms with van der Waals surface area (Å²) in [6, 6.07) is 14.7. The minimum Gasteiger partial charge on any atom is -0.454 e. The minimum absolute atomic E-state index is 0.173. The third-order valence-corrected chi connectivity index (χ3v) is 4.14. The molecule has 1 aliphatic rings. The van der Waals surface area contributed by atoms with E-state index in [4.69, 9.17) is 21.1 Å². The summed E-state index contributed by atoms with van der Waals surface area (Å²) in [5.74, 6) is 0.913. The molecule has 0 atom stereocenters. The molecular weight excluding hydrogens is 340 g/mol. The van der Waals surface area contributed by atoms with Crippen LogP contribution in [0.3, 0.4) is 0 Å². The third kappa shape index (κ3) is 2.90. The SMILES string of the molecule is O=C(Nc1cccc2cccnc12)/C(=C\Cl)c1ccc2c(c1)OCO2. The number of carbonyl (C=O) groups excluding carboxylic acids is 1. The number of nitrogens with one attached hydrogen (secondary N) is 1. The molecule has 0 saturated carbocycles. The summed E-state index contributed by atoms with van der Waals surface area (Å²) in [6.07, 6.45) is 1.69. The van der Waals surface area contributed by atoms with E-state index in [1.807, 2.05) is 24.3 Å². The molecule has 0 aliphatic carbocycles. The molecule has 0 radical (unpaired) electrons. The zero-order valence-electron chi connectivity index (χ0n) is 13.0. The van der Waals surface area contributed by atoms with Crippen molar-refractivity contribution in [3.8, 4) is 11.5 Å². The second-order valence-corrected chi connectivity index (χ2v) is 5.64. The van der Waals surface area contributed by atoms with Crippen LogP contribution in [0.5, 0.6) is 11.5 Å². The van der Waals surface area contributed by atoms with Crippen LogP contribution in [0.1, 0.15) is 5.56 Å². The molecule has 25 heavy (non-hydrogen) atoms. The highest BCUT2D eigenvalue weighted by molar-refractivity contribution is 6.37. The summed E-state index contributed by atoms with van der Waals surface area (Å²) >= 11 is 5.92. The first-order valence-corrected chi connectivity index (χ1v) is 8.05. The number of hydrogen-bond donors (Lipinski definition) is 1. The van der Waals surface area contributed by atoms with Crippen LogP contribution in [-0.4, -0.2) is 17.7 Å². The molecule has 1 amide bonds. The number of aromatic nitrogens is 1. The normalized spacial score (nSPS) is 13.1. The Morgan fingerprint density at radius 3 is 2.84 bits per heavy atom. The van der Waals surface area contributed by atoms with E-state index >= 15 is 0 Å². The average Bonchev–Trinajstić information content (AvgIpc) is 3.10. The lowest BCUT2D eigenvalue weighted by Crippen LogP contribution is -2.14. The molecule has 3 aromatic rings. The molecule has 6 heteroatoms. The highest BCUT2D eigenvalue weighted by Crippen LogP contribution is 2.35. The fraction of sp³-hybridized carbons (Fsp3) is 0.0526. The van der Waals surface area contributed by atoms with Gasteiger partial charge in [-0.2, -0.15) is 0 Å². The first kappa shape index (κ1) is 15.5. The van der Waals surface area contributed by atoms with Gasteiger partial charge in [0.15, 0.2) is 11.5 Å². The summed E-state index contributed by atoms with van der Waals surface area (Å²) in [5, 5.41) is 3.82. The average molecular weight is 353 g/mol. The lowest BCUT2D eigenvalue weighted by atomic mass is 10.1. The summed E-state index contributed by atoms with van der Waals surface area (Å²) < 4.78 is 10.6. The monoisotopic (exact) mass is 352 g/mol. The summed E-state index contributed by atoms with van der Waals surface area (Å²) in [6.45, 7) is 0.173. The van der Waals surface area contributed by atoms with E-state index in [9.17, 15) is 4.79 Å². The van der Waals surface area contributed by atoms with Crippen LogP contribution in [0.25, 0.3) is 16.5 Å². The van der Waals surface area contributed by atoms with Gasteiger partial charge in [-0.15, -0.1) is 0 Å².